The predicted octanol–water partition coefficient (Wildman–Crippen LogP) is -1.44. The van der Waals surface area contributed by atoms with Gasteiger partial charge in [0, 0.05) is 5.37 Å². The standard InChI is InChI=1S/C3H5NO4S/c5-3(4-6)1-2-9(7)8/h2,6H,1H2,(H,4,5). The van der Waals surface area contributed by atoms with Crippen LogP contribution in [0.25, 0.3) is 0 Å². The van der Waals surface area contributed by atoms with E-state index in [2.05, 4.69) is 0 Å². The highest BCUT2D eigenvalue weighted by Crippen LogP contribution is 1.68. The molecule has 0 fully saturated rings. The topological polar surface area (TPSA) is 83.5 Å². The summed E-state index contributed by atoms with van der Waals surface area (Å²) in [7, 11) is -2.33. The lowest BCUT2D eigenvalue weighted by Gasteiger charge is -1.86. The van der Waals surface area contributed by atoms with Crippen molar-refractivity contribution in [2.45, 2.75) is 6.42 Å². The maximum Gasteiger partial charge on any atom is 0.248 e. The number of carbonyl (C=O) groups excluding carboxylic acids is 1. The maximum absolute atomic E-state index is 10.1. The van der Waals surface area contributed by atoms with Gasteiger partial charge in [-0.2, -0.15) is 8.42 Å². The fraction of sp³-hybridized carbons (Fsp3) is 0.333. The Bertz CT molecular complexity index is 208. The second-order valence-electron chi connectivity index (χ2n) is 1.17. The third-order valence-corrected chi connectivity index (χ3v) is 0.968. The van der Waals surface area contributed by atoms with Gasteiger partial charge in [-0.1, -0.05) is 0 Å². The van der Waals surface area contributed by atoms with Gasteiger partial charge in [0.25, 0.3) is 0 Å². The lowest BCUT2D eigenvalue weighted by molar-refractivity contribution is -0.127. The maximum atomic E-state index is 10.1. The molecular weight excluding hydrogens is 146 g/mol. The molecule has 0 atom stereocenters. The van der Waals surface area contributed by atoms with Gasteiger partial charge in [0.1, 0.15) is 0 Å². The molecule has 0 radical (unpaired) electrons. The molecule has 52 valence electrons. The van der Waals surface area contributed by atoms with Crippen molar-refractivity contribution in [2.24, 2.45) is 0 Å². The molecule has 0 saturated carbocycles. The van der Waals surface area contributed by atoms with Crippen LogP contribution in [0.1, 0.15) is 6.42 Å². The van der Waals surface area contributed by atoms with Crippen molar-refractivity contribution in [3.63, 3.8) is 0 Å². The summed E-state index contributed by atoms with van der Waals surface area (Å²) in [5, 5.41) is 8.57. The molecule has 2 N–H and O–H groups in total. The van der Waals surface area contributed by atoms with Gasteiger partial charge in [0.15, 0.2) is 0 Å². The minimum Gasteiger partial charge on any atom is -0.289 e. The van der Waals surface area contributed by atoms with Gasteiger partial charge in [-0.05, 0) is 0 Å². The van der Waals surface area contributed by atoms with E-state index in [4.69, 9.17) is 5.21 Å². The molecule has 5 nitrogen and oxygen atoms in total. The molecule has 0 aromatic heterocycles. The smallest absolute Gasteiger partial charge is 0.248 e. The Morgan fingerprint density at radius 1 is 1.67 bits per heavy atom. The van der Waals surface area contributed by atoms with Crippen LogP contribution in [0, 0.1) is 0 Å². The first-order valence-corrected chi connectivity index (χ1v) is 3.15. The van der Waals surface area contributed by atoms with Crippen molar-refractivity contribution in [1.29, 1.82) is 0 Å². The zero-order chi connectivity index (χ0) is 7.28. The van der Waals surface area contributed by atoms with Crippen LogP contribution >= 0.6 is 0 Å². The van der Waals surface area contributed by atoms with Crippen LogP contribution in [0.4, 0.5) is 0 Å². The van der Waals surface area contributed by atoms with E-state index < -0.39 is 16.2 Å². The van der Waals surface area contributed by atoms with Crippen molar-refractivity contribution in [3.8, 4) is 0 Å². The second-order valence-corrected chi connectivity index (χ2v) is 2.02. The molecule has 0 spiro atoms. The van der Waals surface area contributed by atoms with Crippen LogP contribution in [-0.4, -0.2) is 24.9 Å². The number of hydrogen-bond acceptors (Lipinski definition) is 4. The Labute approximate surface area is 52.8 Å². The monoisotopic (exact) mass is 151 g/mol. The van der Waals surface area contributed by atoms with Crippen molar-refractivity contribution in [2.75, 3.05) is 0 Å². The summed E-state index contributed by atoms with van der Waals surface area (Å²) in [4.78, 5) is 10.1. The summed E-state index contributed by atoms with van der Waals surface area (Å²) >= 11 is 0. The Morgan fingerprint density at radius 2 is 2.22 bits per heavy atom. The minimum absolute atomic E-state index is 0.327. The van der Waals surface area contributed by atoms with E-state index in [1.807, 2.05) is 0 Å². The molecule has 6 heteroatoms. The largest absolute Gasteiger partial charge is 0.289 e. The van der Waals surface area contributed by atoms with Gasteiger partial charge in [0.05, 0.1) is 6.42 Å². The van der Waals surface area contributed by atoms with E-state index in [9.17, 15) is 13.2 Å². The number of amides is 1. The summed E-state index contributed by atoms with van der Waals surface area (Å²) in [5.41, 5.74) is 1.28. The minimum atomic E-state index is -2.33. The van der Waals surface area contributed by atoms with E-state index >= 15 is 0 Å². The molecule has 0 aromatic rings. The van der Waals surface area contributed by atoms with E-state index in [0.717, 1.165) is 5.37 Å². The zero-order valence-electron chi connectivity index (χ0n) is 4.36. The van der Waals surface area contributed by atoms with Gasteiger partial charge in [0.2, 0.25) is 16.2 Å². The predicted molar refractivity (Wildman–Crippen MR) is 29.5 cm³/mol. The molecule has 0 aromatic carbocycles. The second kappa shape index (κ2) is 4.04. The normalized spacial score (nSPS) is 8.11. The number of hydrogen-bond donors (Lipinski definition) is 2. The molecule has 0 saturated heterocycles. The Balaban J connectivity index is 3.78. The van der Waals surface area contributed by atoms with Crippen molar-refractivity contribution in [3.05, 3.63) is 0 Å². The third-order valence-electron chi connectivity index (χ3n) is 0.530. The fourth-order valence-corrected chi connectivity index (χ4v) is 0.477. The van der Waals surface area contributed by atoms with Crippen LogP contribution in [0.2, 0.25) is 0 Å². The van der Waals surface area contributed by atoms with Gasteiger partial charge in [-0.3, -0.25) is 10.0 Å². The highest BCUT2D eigenvalue weighted by Gasteiger charge is 1.92. The zero-order valence-corrected chi connectivity index (χ0v) is 5.18. The van der Waals surface area contributed by atoms with Crippen LogP contribution in [-0.2, 0) is 15.1 Å². The highest BCUT2D eigenvalue weighted by molar-refractivity contribution is 7.71. The number of hydroxylamine groups is 1. The van der Waals surface area contributed by atoms with E-state index in [1.165, 1.54) is 5.48 Å². The average molecular weight is 151 g/mol. The van der Waals surface area contributed by atoms with Gasteiger partial charge < -0.3 is 0 Å². The van der Waals surface area contributed by atoms with E-state index in [-0.39, 0.29) is 6.42 Å². The van der Waals surface area contributed by atoms with Crippen LogP contribution in [0.15, 0.2) is 0 Å². The lowest BCUT2D eigenvalue weighted by Crippen LogP contribution is -2.18. The average Bonchev–Trinajstić information content (AvgIpc) is 1.83. The summed E-state index contributed by atoms with van der Waals surface area (Å²) in [6.45, 7) is 0. The number of carbonyl (C=O) groups is 1. The fourth-order valence-electron chi connectivity index (χ4n) is 0.189. The molecular formula is C3H5NO4S. The van der Waals surface area contributed by atoms with E-state index in [1.54, 1.807) is 0 Å². The first-order chi connectivity index (χ1) is 4.16. The first-order valence-electron chi connectivity index (χ1n) is 2.01. The Kier molecular flexibility index (Phi) is 3.65. The SMILES string of the molecule is O=C(CC=S(=O)=O)NO. The van der Waals surface area contributed by atoms with Crippen LogP contribution < -0.4 is 5.48 Å². The molecule has 0 unspecified atom stereocenters. The molecule has 0 aliphatic carbocycles. The van der Waals surface area contributed by atoms with Gasteiger partial charge in [-0.15, -0.1) is 0 Å². The summed E-state index contributed by atoms with van der Waals surface area (Å²) in [6, 6.07) is 0. The van der Waals surface area contributed by atoms with Crippen LogP contribution in [0.5, 0.6) is 0 Å². The molecule has 0 aliphatic heterocycles. The van der Waals surface area contributed by atoms with Gasteiger partial charge >= 0.3 is 0 Å². The molecule has 1 amide bonds. The Morgan fingerprint density at radius 3 is 2.56 bits per heavy atom. The summed E-state index contributed by atoms with van der Waals surface area (Å²) in [5.74, 6) is -0.751. The van der Waals surface area contributed by atoms with Crippen LogP contribution in [0.3, 0.4) is 0 Å². The molecule has 9 heavy (non-hydrogen) atoms. The molecule has 0 heterocycles. The van der Waals surface area contributed by atoms with Crippen molar-refractivity contribution < 1.29 is 18.4 Å². The van der Waals surface area contributed by atoms with Crippen molar-refractivity contribution >= 4 is 21.6 Å². The summed E-state index contributed by atoms with van der Waals surface area (Å²) < 4.78 is 19.4. The quantitative estimate of drug-likeness (QED) is 0.288. The number of nitrogens with one attached hydrogen (secondary N) is 1. The lowest BCUT2D eigenvalue weighted by atomic mass is 10.5. The first kappa shape index (κ1) is 8.12. The molecule has 0 rings (SSSR count). The van der Waals surface area contributed by atoms with Gasteiger partial charge in [-0.25, -0.2) is 5.48 Å². The highest BCUT2D eigenvalue weighted by atomic mass is 32.2. The third kappa shape index (κ3) is 4.98. The molecule has 0 aliphatic rings. The van der Waals surface area contributed by atoms with E-state index in [0.29, 0.717) is 0 Å². The number of rotatable bonds is 2. The summed E-state index contributed by atoms with van der Waals surface area (Å²) in [6.07, 6.45) is -0.327. The van der Waals surface area contributed by atoms with Crippen molar-refractivity contribution in [1.82, 2.24) is 5.48 Å². The Hall–Kier alpha value is -0.880. The molecule has 0 bridgehead atoms.